The van der Waals surface area contributed by atoms with Gasteiger partial charge < -0.3 is 16.4 Å². The lowest BCUT2D eigenvalue weighted by molar-refractivity contribution is -0.117. The molecule has 1 aliphatic rings. The summed E-state index contributed by atoms with van der Waals surface area (Å²) in [5, 5.41) is 4.86. The van der Waals surface area contributed by atoms with Crippen molar-refractivity contribution in [2.24, 2.45) is 17.6 Å². The third-order valence-electron chi connectivity index (χ3n) is 3.64. The zero-order valence-electron chi connectivity index (χ0n) is 12.2. The van der Waals surface area contributed by atoms with Crippen LogP contribution in [0.3, 0.4) is 0 Å². The molecule has 2 unspecified atom stereocenters. The van der Waals surface area contributed by atoms with E-state index in [9.17, 15) is 18.4 Å². The molecule has 2 rings (SSSR count). The normalized spacial score (nSPS) is 20.4. The summed E-state index contributed by atoms with van der Waals surface area (Å²) in [6.07, 6.45) is 0.861. The number of halogens is 2. The van der Waals surface area contributed by atoms with Crippen molar-refractivity contribution in [2.45, 2.75) is 19.3 Å². The zero-order valence-corrected chi connectivity index (χ0v) is 12.2. The second kappa shape index (κ2) is 6.39. The minimum absolute atomic E-state index is 0.0146. The Balaban J connectivity index is 1.95. The summed E-state index contributed by atoms with van der Waals surface area (Å²) >= 11 is 0. The van der Waals surface area contributed by atoms with Crippen LogP contribution in [0.5, 0.6) is 0 Å². The largest absolute Gasteiger partial charge is 0.346 e. The number of hydrogen-bond donors (Lipinski definition) is 3. The van der Waals surface area contributed by atoms with Crippen molar-refractivity contribution in [1.29, 1.82) is 0 Å². The van der Waals surface area contributed by atoms with Crippen LogP contribution in [-0.4, -0.2) is 30.8 Å². The molecule has 22 heavy (non-hydrogen) atoms. The first-order chi connectivity index (χ1) is 10.3. The molecular formula is C15H19F2N3O2. The van der Waals surface area contributed by atoms with E-state index in [-0.39, 0.29) is 17.4 Å². The van der Waals surface area contributed by atoms with Gasteiger partial charge in [0.05, 0.1) is 13.1 Å². The number of carbonyl (C=O) groups is 2. The van der Waals surface area contributed by atoms with Crippen LogP contribution >= 0.6 is 0 Å². The first-order valence-corrected chi connectivity index (χ1v) is 7.09. The number of alkyl halides is 2. The van der Waals surface area contributed by atoms with Gasteiger partial charge in [-0.15, -0.1) is 0 Å². The zero-order chi connectivity index (χ0) is 16.3. The van der Waals surface area contributed by atoms with E-state index in [4.69, 9.17) is 5.73 Å². The summed E-state index contributed by atoms with van der Waals surface area (Å²) in [6.45, 7) is 0.340. The Morgan fingerprint density at radius 3 is 2.68 bits per heavy atom. The standard InChI is InChI=1S/C15H19F2N3O2/c1-9-5-12(9)14(22)20-11-4-2-3-10(6-11)13(21)19-8-15(16,17)7-18/h2-4,6,9,12H,5,7-8,18H2,1H3,(H,19,21)(H,20,22). The van der Waals surface area contributed by atoms with Crippen LogP contribution < -0.4 is 16.4 Å². The molecule has 1 aromatic rings. The minimum Gasteiger partial charge on any atom is -0.346 e. The van der Waals surface area contributed by atoms with Crippen LogP contribution in [-0.2, 0) is 4.79 Å². The number of benzene rings is 1. The molecule has 0 heterocycles. The third kappa shape index (κ3) is 4.24. The third-order valence-corrected chi connectivity index (χ3v) is 3.64. The van der Waals surface area contributed by atoms with Gasteiger partial charge in [0.25, 0.3) is 11.8 Å². The van der Waals surface area contributed by atoms with Gasteiger partial charge in [-0.1, -0.05) is 13.0 Å². The van der Waals surface area contributed by atoms with Crippen molar-refractivity contribution in [3.63, 3.8) is 0 Å². The lowest BCUT2D eigenvalue weighted by Gasteiger charge is -2.14. The van der Waals surface area contributed by atoms with Crippen LogP contribution in [0.25, 0.3) is 0 Å². The monoisotopic (exact) mass is 311 g/mol. The number of rotatable bonds is 6. The van der Waals surface area contributed by atoms with Crippen molar-refractivity contribution in [3.8, 4) is 0 Å². The Morgan fingerprint density at radius 2 is 2.09 bits per heavy atom. The molecule has 0 aliphatic heterocycles. The van der Waals surface area contributed by atoms with Gasteiger partial charge in [0.2, 0.25) is 5.91 Å². The maximum Gasteiger partial charge on any atom is 0.277 e. The van der Waals surface area contributed by atoms with Crippen molar-refractivity contribution >= 4 is 17.5 Å². The Labute approximate surface area is 127 Å². The Morgan fingerprint density at radius 1 is 1.41 bits per heavy atom. The van der Waals surface area contributed by atoms with Crippen LogP contribution in [0.2, 0.25) is 0 Å². The highest BCUT2D eigenvalue weighted by molar-refractivity contribution is 5.98. The molecule has 0 radical (unpaired) electrons. The van der Waals surface area contributed by atoms with Gasteiger partial charge in [-0.05, 0) is 30.5 Å². The molecule has 1 aromatic carbocycles. The molecule has 2 atom stereocenters. The van der Waals surface area contributed by atoms with Gasteiger partial charge in [-0.25, -0.2) is 8.78 Å². The molecule has 1 fully saturated rings. The molecular weight excluding hydrogens is 292 g/mol. The van der Waals surface area contributed by atoms with Crippen molar-refractivity contribution in [1.82, 2.24) is 5.32 Å². The van der Waals surface area contributed by atoms with Gasteiger partial charge in [-0.2, -0.15) is 0 Å². The van der Waals surface area contributed by atoms with Crippen LogP contribution in [0.1, 0.15) is 23.7 Å². The topological polar surface area (TPSA) is 84.2 Å². The predicted octanol–water partition coefficient (Wildman–Crippen LogP) is 1.60. The van der Waals surface area contributed by atoms with E-state index in [1.807, 2.05) is 6.92 Å². The average molecular weight is 311 g/mol. The highest BCUT2D eigenvalue weighted by atomic mass is 19.3. The number of hydrogen-bond acceptors (Lipinski definition) is 3. The number of nitrogens with one attached hydrogen (secondary N) is 2. The molecule has 4 N–H and O–H groups in total. The Bertz CT molecular complexity index is 578. The molecule has 1 saturated carbocycles. The van der Waals surface area contributed by atoms with Gasteiger partial charge in [-0.3, -0.25) is 9.59 Å². The van der Waals surface area contributed by atoms with E-state index in [2.05, 4.69) is 10.6 Å². The predicted molar refractivity (Wildman–Crippen MR) is 78.7 cm³/mol. The lowest BCUT2D eigenvalue weighted by Crippen LogP contribution is -2.41. The average Bonchev–Trinajstić information content (AvgIpc) is 3.22. The molecule has 7 heteroatoms. The summed E-state index contributed by atoms with van der Waals surface area (Å²) in [5.41, 5.74) is 5.58. The van der Waals surface area contributed by atoms with E-state index in [1.165, 1.54) is 12.1 Å². The van der Waals surface area contributed by atoms with Gasteiger partial charge in [0, 0.05) is 17.2 Å². The molecule has 2 amide bonds. The summed E-state index contributed by atoms with van der Waals surface area (Å²) in [4.78, 5) is 23.7. The molecule has 0 bridgehead atoms. The van der Waals surface area contributed by atoms with Crippen molar-refractivity contribution in [3.05, 3.63) is 29.8 Å². The summed E-state index contributed by atoms with van der Waals surface area (Å²) in [5.74, 6) is -3.46. The first kappa shape index (κ1) is 16.4. The van der Waals surface area contributed by atoms with Gasteiger partial charge >= 0.3 is 0 Å². The van der Waals surface area contributed by atoms with E-state index in [1.54, 1.807) is 12.1 Å². The highest BCUT2D eigenvalue weighted by Crippen LogP contribution is 2.38. The summed E-state index contributed by atoms with van der Waals surface area (Å²) in [7, 11) is 0. The first-order valence-electron chi connectivity index (χ1n) is 7.09. The van der Waals surface area contributed by atoms with E-state index in [0.29, 0.717) is 11.6 Å². The second-order valence-corrected chi connectivity index (χ2v) is 5.63. The Kier molecular flexibility index (Phi) is 4.75. The van der Waals surface area contributed by atoms with Crippen molar-refractivity contribution < 1.29 is 18.4 Å². The molecule has 5 nitrogen and oxygen atoms in total. The number of amides is 2. The van der Waals surface area contributed by atoms with Gasteiger partial charge in [0.15, 0.2) is 0 Å². The van der Waals surface area contributed by atoms with Crippen LogP contribution in [0.15, 0.2) is 24.3 Å². The van der Waals surface area contributed by atoms with Crippen LogP contribution in [0, 0.1) is 11.8 Å². The highest BCUT2D eigenvalue weighted by Gasteiger charge is 2.39. The summed E-state index contributed by atoms with van der Waals surface area (Å²) in [6, 6.07) is 6.18. The number of anilines is 1. The van der Waals surface area contributed by atoms with E-state index in [0.717, 1.165) is 6.42 Å². The molecule has 120 valence electrons. The number of carbonyl (C=O) groups excluding carboxylic acids is 2. The SMILES string of the molecule is CC1CC1C(=O)Nc1cccc(C(=O)NCC(F)(F)CN)c1. The fourth-order valence-corrected chi connectivity index (χ4v) is 2.04. The molecule has 1 aliphatic carbocycles. The van der Waals surface area contributed by atoms with Crippen molar-refractivity contribution in [2.75, 3.05) is 18.4 Å². The van der Waals surface area contributed by atoms with E-state index < -0.39 is 24.9 Å². The fraction of sp³-hybridized carbons (Fsp3) is 0.467. The maximum atomic E-state index is 13.0. The Hall–Kier alpha value is -2.02. The van der Waals surface area contributed by atoms with E-state index >= 15 is 0 Å². The maximum absolute atomic E-state index is 13.0. The van der Waals surface area contributed by atoms with Gasteiger partial charge in [0.1, 0.15) is 0 Å². The number of nitrogens with two attached hydrogens (primary N) is 1. The molecule has 0 saturated heterocycles. The fourth-order valence-electron chi connectivity index (χ4n) is 2.04. The second-order valence-electron chi connectivity index (χ2n) is 5.63. The minimum atomic E-state index is -3.14. The summed E-state index contributed by atoms with van der Waals surface area (Å²) < 4.78 is 26.0. The molecule has 0 aromatic heterocycles. The lowest BCUT2D eigenvalue weighted by atomic mass is 10.1. The quantitative estimate of drug-likeness (QED) is 0.746. The molecule has 0 spiro atoms. The smallest absolute Gasteiger partial charge is 0.277 e. The van der Waals surface area contributed by atoms with Crippen LogP contribution in [0.4, 0.5) is 14.5 Å².